The van der Waals surface area contributed by atoms with Crippen molar-refractivity contribution in [2.24, 2.45) is 7.05 Å². The highest BCUT2D eigenvalue weighted by Crippen LogP contribution is 2.39. The van der Waals surface area contributed by atoms with Crippen LogP contribution in [0.1, 0.15) is 44.7 Å². The minimum atomic E-state index is -1.81. The molecule has 0 bridgehead atoms. The Bertz CT molecular complexity index is 1870. The summed E-state index contributed by atoms with van der Waals surface area (Å²) in [5.41, 5.74) is 5.21. The highest BCUT2D eigenvalue weighted by atomic mass is 28.4. The normalized spacial score (nSPS) is 14.5. The van der Waals surface area contributed by atoms with Crippen LogP contribution >= 0.6 is 0 Å². The second kappa shape index (κ2) is 13.4. The molecule has 0 aliphatic carbocycles. The summed E-state index contributed by atoms with van der Waals surface area (Å²) in [5, 5.41) is 0.199. The third-order valence-corrected chi connectivity index (χ3v) is 14.2. The Labute approximate surface area is 278 Å². The van der Waals surface area contributed by atoms with Crippen molar-refractivity contribution >= 4 is 25.0 Å². The molecule has 0 radical (unpaired) electrons. The van der Waals surface area contributed by atoms with Gasteiger partial charge in [0.05, 0.1) is 11.0 Å². The Balaban J connectivity index is 1.27. The quantitative estimate of drug-likeness (QED) is 0.143. The molecule has 1 aliphatic heterocycles. The first kappa shape index (κ1) is 32.6. The number of ether oxygens (including phenoxy) is 2. The molecule has 0 spiro atoms. The Morgan fingerprint density at radius 3 is 2.04 bits per heavy atom. The van der Waals surface area contributed by atoms with Crippen LogP contribution in [0.15, 0.2) is 95.8 Å². The minimum absolute atomic E-state index is 0.164. The fourth-order valence-corrected chi connectivity index (χ4v) is 7.23. The summed E-state index contributed by atoms with van der Waals surface area (Å²) in [5.74, 6) is 0.763. The predicted octanol–water partition coefficient (Wildman–Crippen LogP) is 7.87. The molecule has 0 N–H and O–H groups in total. The summed E-state index contributed by atoms with van der Waals surface area (Å²) in [7, 11) is 0.00897. The van der Waals surface area contributed by atoms with Gasteiger partial charge in [-0.1, -0.05) is 81.4 Å². The smallest absolute Gasteiger partial charge is 0.333 e. The topological polar surface area (TPSA) is 70.8 Å². The fourth-order valence-electron chi connectivity index (χ4n) is 5.81. The highest BCUT2D eigenvalue weighted by Gasteiger charge is 2.39. The van der Waals surface area contributed by atoms with Crippen molar-refractivity contribution in [2.75, 3.05) is 18.0 Å². The van der Waals surface area contributed by atoms with Gasteiger partial charge in [0, 0.05) is 38.0 Å². The number of hydrogen-bond acceptors (Lipinski definition) is 6. The Kier molecular flexibility index (Phi) is 9.30. The molecule has 3 aromatic carbocycles. The van der Waals surface area contributed by atoms with E-state index in [2.05, 4.69) is 50.9 Å². The molecule has 1 aliphatic rings. The van der Waals surface area contributed by atoms with E-state index >= 15 is 0 Å². The molecule has 3 heterocycles. The summed E-state index contributed by atoms with van der Waals surface area (Å²) in [4.78, 5) is 21.0. The average molecular weight is 651 g/mol. The van der Waals surface area contributed by atoms with Crippen LogP contribution in [0.4, 0.5) is 5.69 Å². The zero-order valence-electron chi connectivity index (χ0n) is 28.4. The Hall–Kier alpha value is -4.34. The van der Waals surface area contributed by atoms with Gasteiger partial charge < -0.3 is 18.8 Å². The minimum Gasteiger partial charge on any atom is -0.473 e. The molecule has 9 heteroatoms. The predicted molar refractivity (Wildman–Crippen MR) is 191 cm³/mol. The van der Waals surface area contributed by atoms with Gasteiger partial charge in [-0.25, -0.2) is 4.79 Å². The number of aromatic nitrogens is 3. The second-order valence-corrected chi connectivity index (χ2v) is 18.7. The van der Waals surface area contributed by atoms with Crippen molar-refractivity contribution < 1.29 is 13.9 Å². The van der Waals surface area contributed by atoms with E-state index in [1.165, 1.54) is 0 Å². The molecule has 1 fully saturated rings. The molecule has 2 aromatic heterocycles. The molecule has 5 aromatic rings. The highest BCUT2D eigenvalue weighted by molar-refractivity contribution is 6.74. The Morgan fingerprint density at radius 1 is 0.809 bits per heavy atom. The number of imidazole rings is 1. The van der Waals surface area contributed by atoms with E-state index in [9.17, 15) is 4.79 Å². The lowest BCUT2D eigenvalue weighted by Gasteiger charge is -2.42. The number of rotatable bonds is 10. The first-order valence-corrected chi connectivity index (χ1v) is 19.4. The van der Waals surface area contributed by atoms with Gasteiger partial charge in [-0.2, -0.15) is 4.98 Å². The van der Waals surface area contributed by atoms with Gasteiger partial charge in [0.1, 0.15) is 18.9 Å². The van der Waals surface area contributed by atoms with Gasteiger partial charge in [0.2, 0.25) is 11.8 Å². The molecule has 0 saturated carbocycles. The third-order valence-electron chi connectivity index (χ3n) is 9.62. The van der Waals surface area contributed by atoms with Crippen molar-refractivity contribution in [1.82, 2.24) is 14.1 Å². The molecule has 1 saturated heterocycles. The fraction of sp³-hybridized carbons (Fsp3) is 0.368. The number of hydrogen-bond donors (Lipinski definition) is 0. The summed E-state index contributed by atoms with van der Waals surface area (Å²) in [6, 6.07) is 29.8. The van der Waals surface area contributed by atoms with Crippen molar-refractivity contribution in [1.29, 1.82) is 0 Å². The van der Waals surface area contributed by atoms with Gasteiger partial charge in [-0.15, -0.1) is 0 Å². The van der Waals surface area contributed by atoms with E-state index in [1.807, 2.05) is 79.8 Å². The largest absolute Gasteiger partial charge is 0.473 e. The zero-order valence-corrected chi connectivity index (χ0v) is 29.4. The van der Waals surface area contributed by atoms with E-state index in [0.29, 0.717) is 36.8 Å². The maximum atomic E-state index is 13.8. The van der Waals surface area contributed by atoms with Crippen LogP contribution in [0.3, 0.4) is 0 Å². The first-order chi connectivity index (χ1) is 22.5. The third kappa shape index (κ3) is 7.16. The van der Waals surface area contributed by atoms with Gasteiger partial charge in [-0.3, -0.25) is 9.13 Å². The van der Waals surface area contributed by atoms with Gasteiger partial charge in [0.15, 0.2) is 8.32 Å². The van der Waals surface area contributed by atoms with Crippen molar-refractivity contribution in [3.8, 4) is 17.4 Å². The first-order valence-electron chi connectivity index (χ1n) is 16.5. The molecule has 0 unspecified atom stereocenters. The van der Waals surface area contributed by atoms with Crippen LogP contribution in [0.25, 0.3) is 16.7 Å². The molecule has 0 amide bonds. The van der Waals surface area contributed by atoms with Crippen LogP contribution in [-0.2, 0) is 24.7 Å². The van der Waals surface area contributed by atoms with Crippen LogP contribution in [0.2, 0.25) is 18.1 Å². The lowest BCUT2D eigenvalue weighted by Crippen LogP contribution is -2.47. The number of anilines is 1. The van der Waals surface area contributed by atoms with Gasteiger partial charge in [0.25, 0.3) is 0 Å². The summed E-state index contributed by atoms with van der Waals surface area (Å²) >= 11 is 0. The van der Waals surface area contributed by atoms with Crippen molar-refractivity contribution in [3.05, 3.63) is 113 Å². The second-order valence-electron chi connectivity index (χ2n) is 13.9. The molecular weight excluding hydrogens is 605 g/mol. The summed E-state index contributed by atoms with van der Waals surface area (Å²) < 4.78 is 22.4. The van der Waals surface area contributed by atoms with Crippen molar-refractivity contribution in [2.45, 2.75) is 71.1 Å². The standard InChI is InChI=1S/C38H46N4O4Si/c1-38(2,3)47(5,6)46-31-21-23-41(24-22-31)30-17-18-32-34(25-30)40(4)37(43)42(32)33-19-20-35(44-26-28-13-9-7-10-14-28)39-36(33)45-27-29-15-11-8-12-16-29/h7-20,25,31H,21-24,26-27H2,1-6H3. The SMILES string of the molecule is Cn1c(=O)n(-c2ccc(OCc3ccccc3)nc2OCc2ccccc2)c2ccc(N3CCC(O[Si](C)(C)C(C)(C)C)CC3)cc21. The van der Waals surface area contributed by atoms with Crippen molar-refractivity contribution in [3.63, 3.8) is 0 Å². The molecular formula is C38H46N4O4Si. The molecule has 8 nitrogen and oxygen atoms in total. The van der Waals surface area contributed by atoms with Crippen LogP contribution in [0.5, 0.6) is 11.8 Å². The number of nitrogens with zero attached hydrogens (tertiary/aromatic N) is 4. The number of aryl methyl sites for hydroxylation is 1. The number of piperidine rings is 1. The maximum Gasteiger partial charge on any atom is 0.333 e. The summed E-state index contributed by atoms with van der Waals surface area (Å²) in [6.45, 7) is 14.1. The molecule has 246 valence electrons. The zero-order chi connectivity index (χ0) is 33.2. The van der Waals surface area contributed by atoms with E-state index < -0.39 is 8.32 Å². The lowest BCUT2D eigenvalue weighted by atomic mass is 10.1. The van der Waals surface area contributed by atoms with Gasteiger partial charge >= 0.3 is 5.69 Å². The molecule has 47 heavy (non-hydrogen) atoms. The monoisotopic (exact) mass is 650 g/mol. The molecule has 0 atom stereocenters. The lowest BCUT2D eigenvalue weighted by molar-refractivity contribution is 0.152. The van der Waals surface area contributed by atoms with E-state index in [4.69, 9.17) is 18.9 Å². The number of benzene rings is 3. The van der Waals surface area contributed by atoms with Gasteiger partial charge in [-0.05, 0) is 66.4 Å². The van der Waals surface area contributed by atoms with Crippen LogP contribution in [-0.4, -0.2) is 41.6 Å². The van der Waals surface area contributed by atoms with E-state index in [1.54, 1.807) is 15.2 Å². The maximum absolute atomic E-state index is 13.8. The number of fused-ring (bicyclic) bond motifs is 1. The Morgan fingerprint density at radius 2 is 1.43 bits per heavy atom. The summed E-state index contributed by atoms with van der Waals surface area (Å²) in [6.07, 6.45) is 2.29. The van der Waals surface area contributed by atoms with E-state index in [0.717, 1.165) is 53.8 Å². The van der Waals surface area contributed by atoms with E-state index in [-0.39, 0.29) is 10.7 Å². The van der Waals surface area contributed by atoms with Crippen LogP contribution < -0.4 is 20.1 Å². The number of pyridine rings is 1. The molecule has 6 rings (SSSR count). The average Bonchev–Trinajstić information content (AvgIpc) is 3.31. The van der Waals surface area contributed by atoms with Crippen LogP contribution in [0, 0.1) is 0 Å².